The molecule has 1 heterocycles. The van der Waals surface area contributed by atoms with Crippen molar-refractivity contribution in [1.29, 1.82) is 0 Å². The quantitative estimate of drug-likeness (QED) is 0.207. The zero-order chi connectivity index (χ0) is 28.5. The summed E-state index contributed by atoms with van der Waals surface area (Å²) in [7, 11) is 0. The zero-order valence-corrected chi connectivity index (χ0v) is 23.0. The number of Topliss-reactive ketones (excluding diaryl/α,β-unsaturated/α-hetero) is 1. The van der Waals surface area contributed by atoms with Crippen LogP contribution >= 0.6 is 11.6 Å². The van der Waals surface area contributed by atoms with Gasteiger partial charge < -0.3 is 10.1 Å². The van der Waals surface area contributed by atoms with Crippen LogP contribution in [0.3, 0.4) is 0 Å². The molecule has 8 nitrogen and oxygen atoms in total. The Bertz CT molecular complexity index is 1510. The highest BCUT2D eigenvalue weighted by molar-refractivity contribution is 6.30. The lowest BCUT2D eigenvalue weighted by Crippen LogP contribution is -2.42. The Morgan fingerprint density at radius 1 is 1.02 bits per heavy atom. The number of carbonyl (C=O) groups excluding carboxylic acids is 3. The summed E-state index contributed by atoms with van der Waals surface area (Å²) in [6, 6.07) is 21.6. The molecule has 0 unspecified atom stereocenters. The second-order valence-corrected chi connectivity index (χ2v) is 9.62. The summed E-state index contributed by atoms with van der Waals surface area (Å²) in [5.41, 5.74) is 4.10. The Balaban J connectivity index is 1.53. The lowest BCUT2D eigenvalue weighted by molar-refractivity contribution is -0.125. The molecule has 1 atom stereocenters. The van der Waals surface area contributed by atoms with E-state index >= 15 is 0 Å². The Morgan fingerprint density at radius 2 is 1.77 bits per heavy atom. The third-order valence-electron chi connectivity index (χ3n) is 6.12. The maximum atomic E-state index is 13.3. The molecule has 9 heteroatoms. The van der Waals surface area contributed by atoms with E-state index in [1.54, 1.807) is 31.2 Å². The average molecular weight is 557 g/mol. The molecule has 4 aromatic rings. The van der Waals surface area contributed by atoms with Crippen molar-refractivity contribution < 1.29 is 19.1 Å². The van der Waals surface area contributed by atoms with Crippen LogP contribution in [0, 0.1) is 6.92 Å². The minimum atomic E-state index is -0.720. The molecular weight excluding hydrogens is 528 g/mol. The van der Waals surface area contributed by atoms with Gasteiger partial charge in [0.15, 0.2) is 11.5 Å². The zero-order valence-electron chi connectivity index (χ0n) is 22.2. The molecule has 0 saturated carbocycles. The summed E-state index contributed by atoms with van der Waals surface area (Å²) in [5.74, 6) is -1.11. The fourth-order valence-electron chi connectivity index (χ4n) is 4.06. The number of esters is 1. The van der Waals surface area contributed by atoms with Crippen molar-refractivity contribution in [2.24, 2.45) is 0 Å². The van der Waals surface area contributed by atoms with Crippen molar-refractivity contribution in [2.75, 3.05) is 6.61 Å². The lowest BCUT2D eigenvalue weighted by atomic mass is 9.97. The molecule has 204 valence electrons. The molecule has 1 aromatic heterocycles. The maximum Gasteiger partial charge on any atom is 0.360 e. The van der Waals surface area contributed by atoms with Gasteiger partial charge in [0.25, 0.3) is 0 Å². The van der Waals surface area contributed by atoms with Crippen LogP contribution in [0.1, 0.15) is 39.7 Å². The normalized spacial score (nSPS) is 11.8. The van der Waals surface area contributed by atoms with Crippen molar-refractivity contribution in [2.45, 2.75) is 32.7 Å². The van der Waals surface area contributed by atoms with Gasteiger partial charge in [-0.05, 0) is 55.7 Å². The standard InChI is InChI=1S/C31H29ClN4O4/c1-3-40-31(39)27-20-36(35-34-27)28-15-14-25(32)19-24(28)13-16-30(38)33-26(17-22-7-5-4-6-8-22)29(37)18-23-11-9-21(2)10-12-23/h4-16,19-20,26H,3,17-18H2,1-2H3,(H,33,38)/b16-13+/t26-/m0/s1. The highest BCUT2D eigenvalue weighted by Gasteiger charge is 2.21. The first kappa shape index (κ1) is 28.4. The molecule has 0 radical (unpaired) electrons. The lowest BCUT2D eigenvalue weighted by Gasteiger charge is -2.17. The van der Waals surface area contributed by atoms with Gasteiger partial charge in [-0.2, -0.15) is 0 Å². The van der Waals surface area contributed by atoms with Crippen molar-refractivity contribution in [3.05, 3.63) is 118 Å². The number of hydrogen-bond donors (Lipinski definition) is 1. The number of rotatable bonds is 11. The largest absolute Gasteiger partial charge is 0.461 e. The van der Waals surface area contributed by atoms with Crippen LogP contribution in [0.5, 0.6) is 0 Å². The van der Waals surface area contributed by atoms with Gasteiger partial charge in [-0.15, -0.1) is 5.10 Å². The van der Waals surface area contributed by atoms with Gasteiger partial charge in [0, 0.05) is 23.1 Å². The molecule has 40 heavy (non-hydrogen) atoms. The van der Waals surface area contributed by atoms with Gasteiger partial charge in [0.1, 0.15) is 0 Å². The molecule has 0 bridgehead atoms. The van der Waals surface area contributed by atoms with Gasteiger partial charge in [0.05, 0.1) is 24.5 Å². The summed E-state index contributed by atoms with van der Waals surface area (Å²) < 4.78 is 6.38. The summed E-state index contributed by atoms with van der Waals surface area (Å²) in [5, 5.41) is 11.2. The van der Waals surface area contributed by atoms with Gasteiger partial charge in [-0.1, -0.05) is 77.0 Å². The highest BCUT2D eigenvalue weighted by atomic mass is 35.5. The number of benzene rings is 3. The van der Waals surface area contributed by atoms with E-state index in [0.717, 1.165) is 16.7 Å². The van der Waals surface area contributed by atoms with Crippen molar-refractivity contribution >= 4 is 35.3 Å². The molecular formula is C31H29ClN4O4. The number of nitrogens with one attached hydrogen (secondary N) is 1. The summed E-state index contributed by atoms with van der Waals surface area (Å²) in [6.07, 6.45) is 4.93. The van der Waals surface area contributed by atoms with E-state index in [1.165, 1.54) is 17.0 Å². The Labute approximate surface area is 237 Å². The van der Waals surface area contributed by atoms with Crippen LogP contribution < -0.4 is 5.32 Å². The smallest absolute Gasteiger partial charge is 0.360 e. The molecule has 0 aliphatic rings. The van der Waals surface area contributed by atoms with Crippen LogP contribution in [0.2, 0.25) is 5.02 Å². The number of aryl methyl sites for hydroxylation is 1. The molecule has 4 rings (SSSR count). The van der Waals surface area contributed by atoms with E-state index in [4.69, 9.17) is 16.3 Å². The summed E-state index contributed by atoms with van der Waals surface area (Å²) in [4.78, 5) is 38.3. The van der Waals surface area contributed by atoms with E-state index < -0.39 is 17.9 Å². The summed E-state index contributed by atoms with van der Waals surface area (Å²) in [6.45, 7) is 3.91. The minimum absolute atomic E-state index is 0.0558. The predicted molar refractivity (Wildman–Crippen MR) is 153 cm³/mol. The van der Waals surface area contributed by atoms with E-state index in [0.29, 0.717) is 22.7 Å². The van der Waals surface area contributed by atoms with Gasteiger partial charge in [-0.25, -0.2) is 9.48 Å². The SMILES string of the molecule is CCOC(=O)c1cn(-c2ccc(Cl)cc2/C=C/C(=O)N[C@@H](Cc2ccccc2)C(=O)Cc2ccc(C)cc2)nn1. The Morgan fingerprint density at radius 3 is 2.50 bits per heavy atom. The number of hydrogen-bond acceptors (Lipinski definition) is 6. The van der Waals surface area contributed by atoms with Crippen molar-refractivity contribution in [1.82, 2.24) is 20.3 Å². The van der Waals surface area contributed by atoms with Crippen LogP contribution in [0.25, 0.3) is 11.8 Å². The summed E-state index contributed by atoms with van der Waals surface area (Å²) >= 11 is 6.22. The number of aromatic nitrogens is 3. The molecule has 0 spiro atoms. The first-order valence-electron chi connectivity index (χ1n) is 12.8. The number of amides is 1. The topological polar surface area (TPSA) is 103 Å². The first-order chi connectivity index (χ1) is 19.3. The van der Waals surface area contributed by atoms with Crippen molar-refractivity contribution in [3.8, 4) is 5.69 Å². The molecule has 0 saturated heterocycles. The third kappa shape index (κ3) is 7.74. The molecule has 1 N–H and O–H groups in total. The highest BCUT2D eigenvalue weighted by Crippen LogP contribution is 2.21. The monoisotopic (exact) mass is 556 g/mol. The van der Waals surface area contributed by atoms with Crippen LogP contribution in [0.4, 0.5) is 0 Å². The van der Waals surface area contributed by atoms with Crippen LogP contribution in [-0.2, 0) is 27.2 Å². The van der Waals surface area contributed by atoms with Gasteiger partial charge in [0.2, 0.25) is 5.91 Å². The molecule has 0 aliphatic carbocycles. The Kier molecular flexibility index (Phi) is 9.59. The van der Waals surface area contributed by atoms with E-state index in [9.17, 15) is 14.4 Å². The fraction of sp³-hybridized carbons (Fsp3) is 0.194. The van der Waals surface area contributed by atoms with Gasteiger partial charge in [-0.3, -0.25) is 9.59 Å². The van der Waals surface area contributed by atoms with E-state index in [1.807, 2.05) is 61.5 Å². The molecule has 1 amide bonds. The predicted octanol–water partition coefficient (Wildman–Crippen LogP) is 4.96. The van der Waals surface area contributed by atoms with Crippen LogP contribution in [-0.4, -0.2) is 45.3 Å². The van der Waals surface area contributed by atoms with Gasteiger partial charge >= 0.3 is 5.97 Å². The second kappa shape index (κ2) is 13.5. The number of carbonyl (C=O) groups is 3. The minimum Gasteiger partial charge on any atom is -0.461 e. The fourth-order valence-corrected chi connectivity index (χ4v) is 4.24. The van der Waals surface area contributed by atoms with Crippen LogP contribution in [0.15, 0.2) is 85.1 Å². The van der Waals surface area contributed by atoms with E-state index in [2.05, 4.69) is 15.6 Å². The number of nitrogens with zero attached hydrogens (tertiary/aromatic N) is 3. The average Bonchev–Trinajstić information content (AvgIpc) is 3.44. The molecule has 0 aliphatic heterocycles. The third-order valence-corrected chi connectivity index (χ3v) is 6.35. The second-order valence-electron chi connectivity index (χ2n) is 9.18. The number of ketones is 1. The Hall–Kier alpha value is -4.56. The van der Waals surface area contributed by atoms with E-state index in [-0.39, 0.29) is 24.5 Å². The van der Waals surface area contributed by atoms with Crippen molar-refractivity contribution in [3.63, 3.8) is 0 Å². The number of halogens is 1. The number of ether oxygens (including phenoxy) is 1. The maximum absolute atomic E-state index is 13.3. The molecule has 0 fully saturated rings. The first-order valence-corrected chi connectivity index (χ1v) is 13.2. The molecule has 3 aromatic carbocycles.